The molecule has 1 amide bonds. The van der Waals surface area contributed by atoms with E-state index < -0.39 is 4.92 Å². The first-order chi connectivity index (χ1) is 9.49. The molecule has 0 saturated heterocycles. The minimum absolute atomic E-state index is 0.00124. The maximum absolute atomic E-state index is 12.0. The Hall–Kier alpha value is -1.25. The molecule has 5 nitrogen and oxygen atoms in total. The molecule has 20 heavy (non-hydrogen) atoms. The highest BCUT2D eigenvalue weighted by Gasteiger charge is 2.15. The molecule has 2 aromatic rings. The van der Waals surface area contributed by atoms with Crippen molar-refractivity contribution in [1.29, 1.82) is 0 Å². The molecule has 0 aliphatic rings. The summed E-state index contributed by atoms with van der Waals surface area (Å²) in [5.74, 6) is -0.264. The minimum Gasteiger partial charge on any atom is -0.347 e. The van der Waals surface area contributed by atoms with Gasteiger partial charge in [-0.3, -0.25) is 14.9 Å². The molecule has 0 bridgehead atoms. The van der Waals surface area contributed by atoms with Crippen molar-refractivity contribution in [2.75, 3.05) is 0 Å². The molecule has 1 heterocycles. The van der Waals surface area contributed by atoms with Crippen molar-refractivity contribution in [2.45, 2.75) is 6.54 Å². The van der Waals surface area contributed by atoms with Gasteiger partial charge in [-0.25, -0.2) is 0 Å². The van der Waals surface area contributed by atoms with E-state index in [0.29, 0.717) is 10.4 Å². The molecule has 0 aliphatic heterocycles. The zero-order valence-electron chi connectivity index (χ0n) is 9.93. The summed E-state index contributed by atoms with van der Waals surface area (Å²) in [6.07, 6.45) is 0. The number of nitrogens with zero attached hydrogens (tertiary/aromatic N) is 1. The van der Waals surface area contributed by atoms with Crippen LogP contribution in [-0.4, -0.2) is 10.8 Å². The van der Waals surface area contributed by atoms with E-state index in [-0.39, 0.29) is 18.1 Å². The number of halogens is 2. The summed E-state index contributed by atoms with van der Waals surface area (Å²) in [4.78, 5) is 22.9. The molecular weight excluding hydrogens is 412 g/mol. The molecule has 0 spiro atoms. The number of carbonyl (C=O) groups is 1. The molecule has 0 saturated carbocycles. The molecule has 8 heteroatoms. The first-order valence-corrected chi connectivity index (χ1v) is 7.84. The molecule has 0 unspecified atom stereocenters. The van der Waals surface area contributed by atoms with Crippen LogP contribution in [0.4, 0.5) is 5.69 Å². The fraction of sp³-hybridized carbons (Fsp3) is 0.0833. The van der Waals surface area contributed by atoms with E-state index in [9.17, 15) is 14.9 Å². The number of rotatable bonds is 4. The summed E-state index contributed by atoms with van der Waals surface area (Å²) < 4.78 is 1.63. The van der Waals surface area contributed by atoms with E-state index in [4.69, 9.17) is 0 Å². The monoisotopic (exact) mass is 418 g/mol. The van der Waals surface area contributed by atoms with Crippen LogP contribution in [0.5, 0.6) is 0 Å². The van der Waals surface area contributed by atoms with Crippen LogP contribution in [0, 0.1) is 10.1 Å². The van der Waals surface area contributed by atoms with E-state index in [0.717, 1.165) is 8.26 Å². The number of nitro groups is 1. The Kier molecular flexibility index (Phi) is 4.90. The number of benzene rings is 1. The van der Waals surface area contributed by atoms with E-state index in [1.54, 1.807) is 24.3 Å². The maximum atomic E-state index is 12.0. The lowest BCUT2D eigenvalue weighted by atomic mass is 10.2. The average Bonchev–Trinajstić information content (AvgIpc) is 2.76. The predicted octanol–water partition coefficient (Wildman–Crippen LogP) is 4.11. The van der Waals surface area contributed by atoms with Gasteiger partial charge >= 0.3 is 0 Å². The topological polar surface area (TPSA) is 72.2 Å². The van der Waals surface area contributed by atoms with Crippen LogP contribution in [0.1, 0.15) is 15.2 Å². The number of carbonyl (C=O) groups excluding carboxylic acids is 1. The number of nitro benzene ring substituents is 1. The third kappa shape index (κ3) is 3.44. The lowest BCUT2D eigenvalue weighted by Gasteiger charge is -2.04. The lowest BCUT2D eigenvalue weighted by Crippen LogP contribution is -2.22. The predicted molar refractivity (Wildman–Crippen MR) is 84.0 cm³/mol. The van der Waals surface area contributed by atoms with Gasteiger partial charge in [-0.1, -0.05) is 18.2 Å². The fourth-order valence-corrected chi connectivity index (χ4v) is 3.51. The molecule has 1 N–H and O–H groups in total. The third-order valence-electron chi connectivity index (χ3n) is 2.50. The Balaban J connectivity index is 2.09. The van der Waals surface area contributed by atoms with Crippen molar-refractivity contribution in [2.24, 2.45) is 0 Å². The SMILES string of the molecule is O=C(NCc1ccccc1[N+](=O)[O-])c1cc(Br)c(Br)s1. The second kappa shape index (κ2) is 6.47. The zero-order chi connectivity index (χ0) is 14.7. The fourth-order valence-electron chi connectivity index (χ4n) is 1.56. The molecular formula is C12H8Br2N2O3S. The highest BCUT2D eigenvalue weighted by molar-refractivity contribution is 9.13. The summed E-state index contributed by atoms with van der Waals surface area (Å²) in [6.45, 7) is 0.114. The van der Waals surface area contributed by atoms with Crippen molar-refractivity contribution < 1.29 is 9.72 Å². The van der Waals surface area contributed by atoms with Gasteiger partial charge in [0, 0.05) is 22.6 Å². The summed E-state index contributed by atoms with van der Waals surface area (Å²) >= 11 is 7.91. The van der Waals surface area contributed by atoms with Crippen LogP contribution in [0.2, 0.25) is 0 Å². The average molecular weight is 420 g/mol. The van der Waals surface area contributed by atoms with Gasteiger partial charge in [-0.05, 0) is 37.9 Å². The molecule has 104 valence electrons. The van der Waals surface area contributed by atoms with Crippen molar-refractivity contribution in [1.82, 2.24) is 5.32 Å². The molecule has 1 aromatic heterocycles. The summed E-state index contributed by atoms with van der Waals surface area (Å²) in [6, 6.07) is 8.03. The Bertz CT molecular complexity index is 653. The summed E-state index contributed by atoms with van der Waals surface area (Å²) in [5, 5.41) is 13.5. The van der Waals surface area contributed by atoms with Crippen molar-refractivity contribution >= 4 is 54.8 Å². The second-order valence-corrected chi connectivity index (χ2v) is 7.03. The standard InChI is InChI=1S/C12H8Br2N2O3S/c13-8-5-10(20-11(8)14)12(17)15-6-7-3-1-2-4-9(7)16(18)19/h1-5H,6H2,(H,15,17). The van der Waals surface area contributed by atoms with Crippen LogP contribution in [0.15, 0.2) is 38.6 Å². The Morgan fingerprint density at radius 1 is 1.35 bits per heavy atom. The molecule has 1 aromatic carbocycles. The highest BCUT2D eigenvalue weighted by Crippen LogP contribution is 2.32. The maximum Gasteiger partial charge on any atom is 0.274 e. The van der Waals surface area contributed by atoms with Crippen LogP contribution in [0.25, 0.3) is 0 Å². The molecule has 0 fully saturated rings. The normalized spacial score (nSPS) is 10.3. The zero-order valence-corrected chi connectivity index (χ0v) is 13.9. The largest absolute Gasteiger partial charge is 0.347 e. The Labute approximate surface area is 135 Å². The van der Waals surface area contributed by atoms with Gasteiger partial charge in [0.15, 0.2) is 0 Å². The third-order valence-corrected chi connectivity index (χ3v) is 5.75. The molecule has 2 rings (SSSR count). The summed E-state index contributed by atoms with van der Waals surface area (Å²) in [7, 11) is 0. The number of hydrogen-bond acceptors (Lipinski definition) is 4. The number of nitrogens with one attached hydrogen (secondary N) is 1. The van der Waals surface area contributed by atoms with Crippen LogP contribution >= 0.6 is 43.2 Å². The first-order valence-electron chi connectivity index (χ1n) is 5.44. The van der Waals surface area contributed by atoms with Crippen LogP contribution in [-0.2, 0) is 6.54 Å². The Morgan fingerprint density at radius 2 is 2.05 bits per heavy atom. The lowest BCUT2D eigenvalue weighted by molar-refractivity contribution is -0.385. The smallest absolute Gasteiger partial charge is 0.274 e. The molecule has 0 radical (unpaired) electrons. The van der Waals surface area contributed by atoms with Crippen molar-refractivity contribution in [3.8, 4) is 0 Å². The Morgan fingerprint density at radius 3 is 2.65 bits per heavy atom. The van der Waals surface area contributed by atoms with Crippen molar-refractivity contribution in [3.63, 3.8) is 0 Å². The van der Waals surface area contributed by atoms with E-state index in [2.05, 4.69) is 37.2 Å². The summed E-state index contributed by atoms with van der Waals surface area (Å²) in [5.41, 5.74) is 0.474. The van der Waals surface area contributed by atoms with Gasteiger partial charge < -0.3 is 5.32 Å². The first kappa shape index (κ1) is 15.1. The van der Waals surface area contributed by atoms with Gasteiger partial charge in [0.1, 0.15) is 0 Å². The number of amides is 1. The minimum atomic E-state index is -0.459. The number of para-hydroxylation sites is 1. The second-order valence-electron chi connectivity index (χ2n) is 3.80. The quantitative estimate of drug-likeness (QED) is 0.598. The van der Waals surface area contributed by atoms with Crippen LogP contribution < -0.4 is 5.32 Å². The van der Waals surface area contributed by atoms with Gasteiger partial charge in [-0.2, -0.15) is 0 Å². The van der Waals surface area contributed by atoms with E-state index in [1.807, 2.05) is 0 Å². The molecule has 0 atom stereocenters. The van der Waals surface area contributed by atoms with Gasteiger partial charge in [-0.15, -0.1) is 11.3 Å². The van der Waals surface area contributed by atoms with Gasteiger partial charge in [0.05, 0.1) is 13.6 Å². The van der Waals surface area contributed by atoms with Crippen molar-refractivity contribution in [3.05, 3.63) is 59.1 Å². The van der Waals surface area contributed by atoms with E-state index >= 15 is 0 Å². The van der Waals surface area contributed by atoms with Gasteiger partial charge in [0.25, 0.3) is 11.6 Å². The van der Waals surface area contributed by atoms with Crippen LogP contribution in [0.3, 0.4) is 0 Å². The van der Waals surface area contributed by atoms with Gasteiger partial charge in [0.2, 0.25) is 0 Å². The number of thiophene rings is 1. The molecule has 0 aliphatic carbocycles. The highest BCUT2D eigenvalue weighted by atomic mass is 79.9. The number of hydrogen-bond donors (Lipinski definition) is 1. The van der Waals surface area contributed by atoms with E-state index in [1.165, 1.54) is 17.4 Å².